The lowest BCUT2D eigenvalue weighted by atomic mass is 9.51. The molecule has 0 aromatic heterocycles. The Bertz CT molecular complexity index is 1430. The highest BCUT2D eigenvalue weighted by Crippen LogP contribution is 2.59. The number of ketones is 2. The average molecular weight is 603 g/mol. The molecule has 0 heterocycles. The topological polar surface area (TPSA) is 226 Å². The molecule has 1 saturated carbocycles. The second kappa shape index (κ2) is 11.5. The van der Waals surface area contributed by atoms with Gasteiger partial charge in [-0.15, -0.1) is 0 Å². The van der Waals surface area contributed by atoms with E-state index in [2.05, 4.69) is 0 Å². The molecule has 0 saturated heterocycles. The Labute approximate surface area is 248 Å². The maximum absolute atomic E-state index is 14.4. The first-order chi connectivity index (χ1) is 20.1. The number of nitrogens with zero attached hydrogens (tertiary/aromatic N) is 2. The van der Waals surface area contributed by atoms with Crippen LogP contribution < -0.4 is 16.4 Å². The predicted molar refractivity (Wildman–Crippen MR) is 153 cm³/mol. The number of anilines is 1. The lowest BCUT2D eigenvalue weighted by Gasteiger charge is -2.54. The van der Waals surface area contributed by atoms with Gasteiger partial charge in [-0.05, 0) is 57.5 Å². The summed E-state index contributed by atoms with van der Waals surface area (Å²) >= 11 is 0. The molecule has 1 fully saturated rings. The molecule has 0 bridgehead atoms. The Balaban J connectivity index is 1.89. The molecular formula is C29H38N4O10. The van der Waals surface area contributed by atoms with E-state index < -0.39 is 63.6 Å². The first-order valence-electron chi connectivity index (χ1n) is 13.8. The van der Waals surface area contributed by atoms with Crippen molar-refractivity contribution < 1.29 is 49.1 Å². The van der Waals surface area contributed by atoms with Gasteiger partial charge in [0.2, 0.25) is 5.78 Å². The van der Waals surface area contributed by atoms with Gasteiger partial charge in [-0.25, -0.2) is 4.79 Å². The summed E-state index contributed by atoms with van der Waals surface area (Å²) in [6, 6.07) is 1.80. The molecule has 2 amide bonds. The molecule has 43 heavy (non-hydrogen) atoms. The molecule has 3 aliphatic rings. The summed E-state index contributed by atoms with van der Waals surface area (Å²) in [4.78, 5) is 54.2. The van der Waals surface area contributed by atoms with Crippen LogP contribution in [0.2, 0.25) is 0 Å². The second-order valence-corrected chi connectivity index (χ2v) is 11.7. The SMILES string of the molecule is CN(C)c1ccc(O)c2c1C[C@@]1(COCCCCOC(N)=O)C[C@H]3[C@H](N(C)C)C(=O)C(C(N)=O)=C(O)[C@@]3(O)C(=O)C1=C2O. The molecule has 1 aromatic carbocycles. The summed E-state index contributed by atoms with van der Waals surface area (Å²) in [7, 11) is 6.63. The molecule has 0 spiro atoms. The van der Waals surface area contributed by atoms with Gasteiger partial charge in [0.25, 0.3) is 5.91 Å². The molecule has 14 nitrogen and oxygen atoms in total. The molecule has 0 unspecified atom stereocenters. The third kappa shape index (κ3) is 5.08. The number of aliphatic hydroxyl groups is 3. The number of unbranched alkanes of at least 4 members (excludes halogenated alkanes) is 1. The smallest absolute Gasteiger partial charge is 0.404 e. The number of fused-ring (bicyclic) bond motifs is 3. The maximum atomic E-state index is 14.4. The molecule has 0 radical (unpaired) electrons. The first kappa shape index (κ1) is 31.8. The van der Waals surface area contributed by atoms with Gasteiger partial charge in [-0.2, -0.15) is 0 Å². The number of rotatable bonds is 10. The number of likely N-dealkylation sites (N-methyl/N-ethyl adjacent to an activating group) is 1. The number of amides is 2. The Morgan fingerprint density at radius 2 is 1.70 bits per heavy atom. The highest BCUT2D eigenvalue weighted by atomic mass is 16.5. The Hall–Kier alpha value is -4.14. The summed E-state index contributed by atoms with van der Waals surface area (Å²) in [5.41, 5.74) is 6.26. The number of hydrogen-bond donors (Lipinski definition) is 6. The maximum Gasteiger partial charge on any atom is 0.404 e. The molecule has 4 atom stereocenters. The van der Waals surface area contributed by atoms with E-state index in [4.69, 9.17) is 20.9 Å². The van der Waals surface area contributed by atoms with Gasteiger partial charge in [0, 0.05) is 37.7 Å². The van der Waals surface area contributed by atoms with Crippen molar-refractivity contribution in [3.05, 3.63) is 40.2 Å². The van der Waals surface area contributed by atoms with E-state index >= 15 is 0 Å². The molecule has 8 N–H and O–H groups in total. The Kier molecular flexibility index (Phi) is 8.51. The quantitative estimate of drug-likeness (QED) is 0.157. The van der Waals surface area contributed by atoms with E-state index in [-0.39, 0.29) is 49.5 Å². The van der Waals surface area contributed by atoms with Crippen LogP contribution in [0.25, 0.3) is 5.76 Å². The minimum absolute atomic E-state index is 0.00883. The summed E-state index contributed by atoms with van der Waals surface area (Å²) in [6.45, 7) is 0.106. The predicted octanol–water partition coefficient (Wildman–Crippen LogP) is 0.292. The van der Waals surface area contributed by atoms with Crippen LogP contribution in [0.15, 0.2) is 29.0 Å². The van der Waals surface area contributed by atoms with Crippen LogP contribution in [0.1, 0.15) is 30.4 Å². The van der Waals surface area contributed by atoms with Gasteiger partial charge in [-0.1, -0.05) is 0 Å². The van der Waals surface area contributed by atoms with Crippen molar-refractivity contribution >= 4 is 35.0 Å². The van der Waals surface area contributed by atoms with Crippen molar-refractivity contribution in [3.8, 4) is 5.75 Å². The van der Waals surface area contributed by atoms with Crippen molar-refractivity contribution in [1.29, 1.82) is 0 Å². The fourth-order valence-electron chi connectivity index (χ4n) is 6.76. The van der Waals surface area contributed by atoms with E-state index in [1.54, 1.807) is 25.1 Å². The zero-order chi connectivity index (χ0) is 32.0. The zero-order valence-corrected chi connectivity index (χ0v) is 24.5. The van der Waals surface area contributed by atoms with Crippen molar-refractivity contribution in [2.45, 2.75) is 37.3 Å². The number of ether oxygens (including phenoxy) is 2. The number of aromatic hydroxyl groups is 1. The third-order valence-corrected chi connectivity index (χ3v) is 8.59. The monoisotopic (exact) mass is 602 g/mol. The largest absolute Gasteiger partial charge is 0.508 e. The number of carbonyl (C=O) groups is 4. The molecule has 3 aliphatic carbocycles. The van der Waals surface area contributed by atoms with Crippen LogP contribution >= 0.6 is 0 Å². The van der Waals surface area contributed by atoms with Gasteiger partial charge in [0.05, 0.1) is 30.4 Å². The van der Waals surface area contributed by atoms with Crippen molar-refractivity contribution in [3.63, 3.8) is 0 Å². The second-order valence-electron chi connectivity index (χ2n) is 11.7. The van der Waals surface area contributed by atoms with E-state index in [1.165, 1.54) is 25.1 Å². The average Bonchev–Trinajstić information content (AvgIpc) is 2.89. The van der Waals surface area contributed by atoms with Crippen LogP contribution in [-0.4, -0.2) is 109 Å². The lowest BCUT2D eigenvalue weighted by molar-refractivity contribution is -0.159. The summed E-state index contributed by atoms with van der Waals surface area (Å²) < 4.78 is 10.8. The Morgan fingerprint density at radius 3 is 2.28 bits per heavy atom. The number of nitrogens with two attached hydrogens (primary N) is 2. The minimum atomic E-state index is -2.78. The van der Waals surface area contributed by atoms with Crippen molar-refractivity contribution in [2.75, 3.05) is 52.9 Å². The number of primary amides is 2. The highest BCUT2D eigenvalue weighted by molar-refractivity contribution is 6.24. The fraction of sp³-hybridized carbons (Fsp3) is 0.517. The molecule has 1 aromatic rings. The molecule has 4 rings (SSSR count). The van der Waals surface area contributed by atoms with E-state index in [0.717, 1.165) is 0 Å². The van der Waals surface area contributed by atoms with Crippen molar-refractivity contribution in [2.24, 2.45) is 22.8 Å². The van der Waals surface area contributed by atoms with E-state index in [9.17, 15) is 39.6 Å². The molecule has 0 aliphatic heterocycles. The Morgan fingerprint density at radius 1 is 1.05 bits per heavy atom. The summed E-state index contributed by atoms with van der Waals surface area (Å²) in [5, 5.41) is 45.6. The molecule has 14 heteroatoms. The standard InChI is InChI=1S/C29H38N4O10/c1-32(2)16-7-8-17(34)18-14(16)11-28(13-42-9-5-6-10-43-27(31)40)12-15-21(33(3)4)23(36)19(26(30)39)24(37)29(15,41)25(38)20(28)22(18)35/h7-8,15,21,34-35,37,41H,5-6,9-13H2,1-4H3,(H2,30,39)(H2,31,40)/t15-,21-,28-,29+/m0/s1. The van der Waals surface area contributed by atoms with Crippen LogP contribution in [0.4, 0.5) is 10.5 Å². The highest BCUT2D eigenvalue weighted by Gasteiger charge is 2.67. The number of Topliss-reactive ketones (excluding diaryl/α,β-unsaturated/α-hetero) is 2. The summed E-state index contributed by atoms with van der Waals surface area (Å²) in [5.74, 6) is -6.63. The van der Waals surface area contributed by atoms with Gasteiger partial charge < -0.3 is 46.3 Å². The minimum Gasteiger partial charge on any atom is -0.508 e. The van der Waals surface area contributed by atoms with E-state index in [0.29, 0.717) is 24.1 Å². The third-order valence-electron chi connectivity index (χ3n) is 8.59. The number of phenolic OH excluding ortho intramolecular Hbond substituents is 1. The van der Waals surface area contributed by atoms with Gasteiger partial charge in [-0.3, -0.25) is 19.3 Å². The molecular weight excluding hydrogens is 564 g/mol. The van der Waals surface area contributed by atoms with Crippen molar-refractivity contribution in [1.82, 2.24) is 4.90 Å². The summed E-state index contributed by atoms with van der Waals surface area (Å²) in [6.07, 6.45) is -0.0626. The number of benzene rings is 1. The fourth-order valence-corrected chi connectivity index (χ4v) is 6.76. The normalized spacial score (nSPS) is 26.7. The van der Waals surface area contributed by atoms with Crippen LogP contribution in [-0.2, 0) is 30.3 Å². The zero-order valence-electron chi connectivity index (χ0n) is 24.5. The van der Waals surface area contributed by atoms with Crippen LogP contribution in [0.3, 0.4) is 0 Å². The van der Waals surface area contributed by atoms with Gasteiger partial charge in [0.15, 0.2) is 11.4 Å². The number of hydrogen-bond acceptors (Lipinski definition) is 12. The number of carbonyl (C=O) groups excluding carboxylic acids is 4. The van der Waals surface area contributed by atoms with Gasteiger partial charge >= 0.3 is 6.09 Å². The molecule has 234 valence electrons. The lowest BCUT2D eigenvalue weighted by Crippen LogP contribution is -2.68. The van der Waals surface area contributed by atoms with Crippen LogP contribution in [0.5, 0.6) is 5.75 Å². The number of phenols is 1. The first-order valence-corrected chi connectivity index (χ1v) is 13.8. The van der Waals surface area contributed by atoms with E-state index in [1.807, 2.05) is 0 Å². The van der Waals surface area contributed by atoms with Crippen LogP contribution in [0, 0.1) is 11.3 Å². The number of aliphatic hydroxyl groups excluding tert-OH is 2. The van der Waals surface area contributed by atoms with Gasteiger partial charge in [0.1, 0.15) is 22.8 Å².